The van der Waals surface area contributed by atoms with Gasteiger partial charge in [0.1, 0.15) is 0 Å². The van der Waals surface area contributed by atoms with Crippen LogP contribution in [0, 0.1) is 0 Å². The summed E-state index contributed by atoms with van der Waals surface area (Å²) in [6.07, 6.45) is 2.21. The Balaban J connectivity index is 2.60. The lowest BCUT2D eigenvalue weighted by molar-refractivity contribution is 0.262. The summed E-state index contributed by atoms with van der Waals surface area (Å²) in [5, 5.41) is 21.5. The van der Waals surface area contributed by atoms with Crippen LogP contribution in [0.2, 0.25) is 0 Å². The molecule has 0 aliphatic carbocycles. The minimum Gasteiger partial charge on any atom is -0.394 e. The summed E-state index contributed by atoms with van der Waals surface area (Å²) in [5.74, 6) is 0. The van der Waals surface area contributed by atoms with E-state index in [1.807, 2.05) is 0 Å². The maximum absolute atomic E-state index is 8.79. The van der Waals surface area contributed by atoms with Crippen molar-refractivity contribution in [2.45, 2.75) is 43.6 Å². The van der Waals surface area contributed by atoms with E-state index in [2.05, 4.69) is 29.4 Å². The fraction of sp³-hybridized carbons (Fsp3) is 0.875. The summed E-state index contributed by atoms with van der Waals surface area (Å²) in [7, 11) is 0. The van der Waals surface area contributed by atoms with Gasteiger partial charge < -0.3 is 5.11 Å². The normalized spacial score (nSPS) is 11.1. The minimum absolute atomic E-state index is 0.0709. The Kier molecular flexibility index (Phi) is 4.89. The Morgan fingerprint density at radius 2 is 2.14 bits per heavy atom. The van der Waals surface area contributed by atoms with Gasteiger partial charge in [-0.25, -0.2) is 4.68 Å². The highest BCUT2D eigenvalue weighted by molar-refractivity contribution is 7.99. The van der Waals surface area contributed by atoms with Crippen LogP contribution < -0.4 is 0 Å². The molecule has 0 saturated carbocycles. The molecule has 1 N–H and O–H groups in total. The first kappa shape index (κ1) is 11.5. The molecule has 0 spiro atoms. The number of nitrogens with zero attached hydrogens (tertiary/aromatic N) is 4. The predicted octanol–water partition coefficient (Wildman–Crippen LogP) is 0.946. The van der Waals surface area contributed by atoms with E-state index in [4.69, 9.17) is 5.11 Å². The van der Waals surface area contributed by atoms with Gasteiger partial charge in [0.05, 0.1) is 13.2 Å². The van der Waals surface area contributed by atoms with E-state index in [1.165, 1.54) is 0 Å². The summed E-state index contributed by atoms with van der Waals surface area (Å²) >= 11 is 1.68. The van der Waals surface area contributed by atoms with E-state index >= 15 is 0 Å². The largest absolute Gasteiger partial charge is 0.394 e. The predicted molar refractivity (Wildman–Crippen MR) is 55.1 cm³/mol. The highest BCUT2D eigenvalue weighted by Crippen LogP contribution is 2.24. The van der Waals surface area contributed by atoms with E-state index < -0.39 is 0 Å². The van der Waals surface area contributed by atoms with Gasteiger partial charge in [-0.3, -0.25) is 0 Å². The van der Waals surface area contributed by atoms with Crippen LogP contribution in [0.15, 0.2) is 5.16 Å². The highest BCUT2D eigenvalue weighted by Gasteiger charge is 2.11. The fourth-order valence-electron chi connectivity index (χ4n) is 1.12. The molecule has 80 valence electrons. The lowest BCUT2D eigenvalue weighted by atomic mass is 10.3. The number of aliphatic hydroxyl groups excluding tert-OH is 1. The number of aliphatic hydroxyl groups is 1. The van der Waals surface area contributed by atoms with Gasteiger partial charge >= 0.3 is 0 Å². The second-order valence-corrected chi connectivity index (χ2v) is 4.23. The molecule has 1 aromatic rings. The second kappa shape index (κ2) is 5.98. The van der Waals surface area contributed by atoms with Crippen LogP contribution in [0.1, 0.15) is 26.7 Å². The SMILES string of the molecule is CCC(CC)Sc1nnnn1CCO. The molecular weight excluding hydrogens is 200 g/mol. The van der Waals surface area contributed by atoms with Gasteiger partial charge in [-0.1, -0.05) is 25.6 Å². The third kappa shape index (κ3) is 2.95. The second-order valence-electron chi connectivity index (χ2n) is 2.96. The molecule has 0 aliphatic heterocycles. The topological polar surface area (TPSA) is 63.8 Å². The Labute approximate surface area is 87.9 Å². The summed E-state index contributed by atoms with van der Waals surface area (Å²) in [5.41, 5.74) is 0. The molecule has 0 fully saturated rings. The van der Waals surface area contributed by atoms with Crippen molar-refractivity contribution in [2.75, 3.05) is 6.61 Å². The number of aromatic nitrogens is 4. The average Bonchev–Trinajstić information content (AvgIpc) is 2.62. The molecule has 0 radical (unpaired) electrons. The summed E-state index contributed by atoms with van der Waals surface area (Å²) in [6.45, 7) is 4.85. The molecule has 0 saturated heterocycles. The van der Waals surface area contributed by atoms with Crippen molar-refractivity contribution in [3.8, 4) is 0 Å². The maximum Gasteiger partial charge on any atom is 0.209 e. The lowest BCUT2D eigenvalue weighted by Crippen LogP contribution is -2.08. The number of rotatable bonds is 6. The summed E-state index contributed by atoms with van der Waals surface area (Å²) in [4.78, 5) is 0. The van der Waals surface area contributed by atoms with Crippen molar-refractivity contribution in [3.05, 3.63) is 0 Å². The summed E-state index contributed by atoms with van der Waals surface area (Å²) in [6, 6.07) is 0. The zero-order valence-electron chi connectivity index (χ0n) is 8.55. The van der Waals surface area contributed by atoms with E-state index in [1.54, 1.807) is 16.4 Å². The van der Waals surface area contributed by atoms with Gasteiger partial charge in [-0.15, -0.1) is 5.10 Å². The molecule has 0 bridgehead atoms. The van der Waals surface area contributed by atoms with Crippen molar-refractivity contribution in [1.82, 2.24) is 20.2 Å². The van der Waals surface area contributed by atoms with Gasteiger partial charge in [0, 0.05) is 5.25 Å². The van der Waals surface area contributed by atoms with Crippen LogP contribution in [0.3, 0.4) is 0 Å². The molecule has 0 unspecified atom stereocenters. The standard InChI is InChI=1S/C8H16N4OS/c1-3-7(4-2)14-8-9-10-11-12(8)5-6-13/h7,13H,3-6H2,1-2H3. The van der Waals surface area contributed by atoms with Crippen LogP contribution in [-0.4, -0.2) is 37.2 Å². The van der Waals surface area contributed by atoms with Crippen molar-refractivity contribution in [1.29, 1.82) is 0 Å². The molecule has 0 aliphatic rings. The van der Waals surface area contributed by atoms with Gasteiger partial charge in [-0.2, -0.15) is 0 Å². The number of tetrazole rings is 1. The zero-order valence-corrected chi connectivity index (χ0v) is 9.37. The zero-order chi connectivity index (χ0) is 10.4. The fourth-order valence-corrected chi connectivity index (χ4v) is 2.08. The molecule has 5 nitrogen and oxygen atoms in total. The Morgan fingerprint density at radius 1 is 1.43 bits per heavy atom. The number of thioether (sulfide) groups is 1. The van der Waals surface area contributed by atoms with Crippen molar-refractivity contribution in [3.63, 3.8) is 0 Å². The molecule has 6 heteroatoms. The summed E-state index contributed by atoms with van der Waals surface area (Å²) < 4.78 is 1.64. The van der Waals surface area contributed by atoms with Crippen LogP contribution in [0.25, 0.3) is 0 Å². The van der Waals surface area contributed by atoms with Crippen LogP contribution in [0.4, 0.5) is 0 Å². The van der Waals surface area contributed by atoms with Crippen LogP contribution in [-0.2, 0) is 6.54 Å². The molecule has 1 rings (SSSR count). The Morgan fingerprint density at radius 3 is 2.71 bits per heavy atom. The van der Waals surface area contributed by atoms with Crippen LogP contribution in [0.5, 0.6) is 0 Å². The van der Waals surface area contributed by atoms with E-state index in [9.17, 15) is 0 Å². The van der Waals surface area contributed by atoms with Crippen molar-refractivity contribution in [2.24, 2.45) is 0 Å². The lowest BCUT2D eigenvalue weighted by Gasteiger charge is -2.10. The molecule has 0 aromatic carbocycles. The Hall–Kier alpha value is -0.620. The van der Waals surface area contributed by atoms with E-state index in [0.29, 0.717) is 11.8 Å². The van der Waals surface area contributed by atoms with Gasteiger partial charge in [0.2, 0.25) is 5.16 Å². The molecule has 1 aromatic heterocycles. The van der Waals surface area contributed by atoms with Crippen molar-refractivity contribution < 1.29 is 5.11 Å². The van der Waals surface area contributed by atoms with Gasteiger partial charge in [0.25, 0.3) is 0 Å². The van der Waals surface area contributed by atoms with E-state index in [-0.39, 0.29) is 6.61 Å². The van der Waals surface area contributed by atoms with Crippen LogP contribution >= 0.6 is 11.8 Å². The smallest absolute Gasteiger partial charge is 0.209 e. The highest BCUT2D eigenvalue weighted by atomic mass is 32.2. The average molecular weight is 216 g/mol. The molecule has 1 heterocycles. The Bertz CT molecular complexity index is 262. The monoisotopic (exact) mass is 216 g/mol. The van der Waals surface area contributed by atoms with Gasteiger partial charge in [-0.05, 0) is 23.3 Å². The third-order valence-electron chi connectivity index (χ3n) is 1.99. The van der Waals surface area contributed by atoms with Crippen molar-refractivity contribution >= 4 is 11.8 Å². The first-order valence-electron chi connectivity index (χ1n) is 4.85. The number of hydrogen-bond acceptors (Lipinski definition) is 5. The minimum atomic E-state index is 0.0709. The quantitative estimate of drug-likeness (QED) is 0.717. The maximum atomic E-state index is 8.79. The molecule has 0 amide bonds. The molecule has 14 heavy (non-hydrogen) atoms. The first-order valence-corrected chi connectivity index (χ1v) is 5.73. The molecule has 0 atom stereocenters. The first-order chi connectivity index (χ1) is 6.81. The number of hydrogen-bond donors (Lipinski definition) is 1. The van der Waals surface area contributed by atoms with E-state index in [0.717, 1.165) is 18.0 Å². The molecular formula is C8H16N4OS. The van der Waals surface area contributed by atoms with Gasteiger partial charge in [0.15, 0.2) is 0 Å². The third-order valence-corrected chi connectivity index (χ3v) is 3.50.